The highest BCUT2D eigenvalue weighted by Gasteiger charge is 2.29. The number of nitrogens with zero attached hydrogens (tertiary/aromatic N) is 6. The summed E-state index contributed by atoms with van der Waals surface area (Å²) in [5.74, 6) is -8.92. The Morgan fingerprint density at radius 1 is 0.548 bits per heavy atom. The first-order valence-electron chi connectivity index (χ1n) is 25.3. The molecule has 0 aliphatic rings. The largest absolute Gasteiger partial charge is 0.383 e. The van der Waals surface area contributed by atoms with Gasteiger partial charge >= 0.3 is 0 Å². The number of halogens is 6. The van der Waals surface area contributed by atoms with Crippen molar-refractivity contribution in [1.29, 1.82) is 0 Å². The third kappa shape index (κ3) is 15.8. The first-order chi connectivity index (χ1) is 39.3. The average Bonchev–Trinajstić information content (AvgIpc) is 2.28. The van der Waals surface area contributed by atoms with Crippen LogP contribution < -0.4 is 14.2 Å². The van der Waals surface area contributed by atoms with Crippen molar-refractivity contribution >= 4 is 92.3 Å². The lowest BCUT2D eigenvalue weighted by Gasteiger charge is -2.17. The zero-order valence-corrected chi connectivity index (χ0v) is 48.9. The molecular formula is C54H58F6N12O9S3. The predicted octanol–water partition coefficient (Wildman–Crippen LogP) is 9.64. The number of aliphatic hydroxyl groups excluding tert-OH is 1. The number of benzene rings is 3. The van der Waals surface area contributed by atoms with Crippen LogP contribution in [0.4, 0.5) is 43.4 Å². The van der Waals surface area contributed by atoms with Gasteiger partial charge < -0.3 is 20.1 Å². The van der Waals surface area contributed by atoms with Crippen LogP contribution in [0.2, 0.25) is 0 Å². The van der Waals surface area contributed by atoms with Crippen molar-refractivity contribution in [2.24, 2.45) is 17.8 Å². The molecule has 84 heavy (non-hydrogen) atoms. The molecule has 0 spiro atoms. The van der Waals surface area contributed by atoms with Gasteiger partial charge in [-0.25, -0.2) is 81.5 Å². The molecule has 9 aromatic rings. The summed E-state index contributed by atoms with van der Waals surface area (Å²) in [4.78, 5) is 56.1. The molecule has 9 rings (SSSR count). The average molecular weight is 1230 g/mol. The quantitative estimate of drug-likeness (QED) is 0.0253. The van der Waals surface area contributed by atoms with Crippen LogP contribution in [0.5, 0.6) is 0 Å². The minimum absolute atomic E-state index is 0.00487. The number of hydrogen-bond donors (Lipinski definition) is 7. The van der Waals surface area contributed by atoms with Crippen LogP contribution in [0.25, 0.3) is 33.1 Å². The molecule has 30 heteroatoms. The second-order valence-corrected chi connectivity index (χ2v) is 25.4. The van der Waals surface area contributed by atoms with Gasteiger partial charge in [-0.2, -0.15) is 0 Å². The molecule has 0 amide bonds. The molecule has 6 heterocycles. The summed E-state index contributed by atoms with van der Waals surface area (Å²) in [7, 11) is -11.4. The fourth-order valence-corrected chi connectivity index (χ4v) is 12.8. The number of aryl methyl sites for hydroxylation is 3. The Bertz CT molecular complexity index is 4240. The van der Waals surface area contributed by atoms with Crippen molar-refractivity contribution in [2.45, 2.75) is 68.4 Å². The van der Waals surface area contributed by atoms with Crippen LogP contribution >= 0.6 is 0 Å². The molecule has 0 saturated heterocycles. The molecule has 1 unspecified atom stereocenters. The number of anilines is 3. The summed E-state index contributed by atoms with van der Waals surface area (Å²) in [6.07, 6.45) is 7.07. The standard InChI is InChI=1S/C18H20F2N4O3S.C18H18F2N4O3S.C11H13F2NO3S.C7H7N3/c2*1-9(2)7-28(26,27)24-13-5-4-12(19)15(16(13)20)17(25)11-6-21-18-14(11)10(3)22-8-23-18;1-7(2)6-18(16,17)14-10-4-3-9(12)8(5-15)11(10)13;1-5-6-2-3-8-7(6)10-4-9-5/h4-6,8-9,17,24-25H,7H2,1-3H3,(H,21,22,23);4-6,8-9,24H,7H2,1-3H3,(H,21,22,23);3-5,7,14H,6H2,1-2H3;2-4H,1H3,(H,8,9,10). The van der Waals surface area contributed by atoms with E-state index in [9.17, 15) is 66.3 Å². The summed E-state index contributed by atoms with van der Waals surface area (Å²) in [6, 6.07) is 7.44. The van der Waals surface area contributed by atoms with Gasteiger partial charge in [0.2, 0.25) is 35.9 Å². The van der Waals surface area contributed by atoms with E-state index in [4.69, 9.17) is 0 Å². The van der Waals surface area contributed by atoms with Gasteiger partial charge in [0.1, 0.15) is 59.5 Å². The summed E-state index contributed by atoms with van der Waals surface area (Å²) in [5.41, 5.74) is 0.212. The molecule has 21 nitrogen and oxygen atoms in total. The maximum atomic E-state index is 15.0. The normalized spacial score (nSPS) is 12.1. The molecule has 0 fully saturated rings. The smallest absolute Gasteiger partial charge is 0.233 e. The van der Waals surface area contributed by atoms with Crippen molar-refractivity contribution in [3.63, 3.8) is 0 Å². The molecule has 7 N–H and O–H groups in total. The summed E-state index contributed by atoms with van der Waals surface area (Å²) < 4.78 is 163. The highest BCUT2D eigenvalue weighted by molar-refractivity contribution is 7.93. The number of H-pyrrole nitrogens is 3. The van der Waals surface area contributed by atoms with Gasteiger partial charge in [0, 0.05) is 34.9 Å². The summed E-state index contributed by atoms with van der Waals surface area (Å²) in [5, 5.41) is 12.6. The third-order valence-electron chi connectivity index (χ3n) is 11.9. The predicted molar refractivity (Wildman–Crippen MR) is 305 cm³/mol. The minimum atomic E-state index is -3.86. The Morgan fingerprint density at radius 2 is 0.988 bits per heavy atom. The summed E-state index contributed by atoms with van der Waals surface area (Å²) >= 11 is 0. The molecule has 1 atom stereocenters. The molecule has 3 aromatic carbocycles. The van der Waals surface area contributed by atoms with Crippen molar-refractivity contribution in [1.82, 2.24) is 44.9 Å². The lowest BCUT2D eigenvalue weighted by Crippen LogP contribution is -2.21. The molecule has 0 bridgehead atoms. The number of nitrogens with one attached hydrogen (secondary N) is 6. The second kappa shape index (κ2) is 26.9. The monoisotopic (exact) mass is 1230 g/mol. The first kappa shape index (κ1) is 64.8. The lowest BCUT2D eigenvalue weighted by molar-refractivity contribution is 0.103. The van der Waals surface area contributed by atoms with Crippen LogP contribution in [-0.4, -0.2) is 105 Å². The van der Waals surface area contributed by atoms with Crippen molar-refractivity contribution in [3.05, 3.63) is 160 Å². The lowest BCUT2D eigenvalue weighted by atomic mass is 9.99. The molecule has 448 valence electrons. The molecule has 0 aliphatic carbocycles. The van der Waals surface area contributed by atoms with Gasteiger partial charge in [-0.3, -0.25) is 23.8 Å². The maximum absolute atomic E-state index is 15.0. The van der Waals surface area contributed by atoms with Gasteiger partial charge in [-0.1, -0.05) is 41.5 Å². The molecule has 0 saturated carbocycles. The third-order valence-corrected chi connectivity index (χ3v) is 16.8. The maximum Gasteiger partial charge on any atom is 0.233 e. The highest BCUT2D eigenvalue weighted by atomic mass is 32.2. The molecule has 6 aromatic heterocycles. The van der Waals surface area contributed by atoms with E-state index in [-0.39, 0.29) is 52.4 Å². The number of carbonyl (C=O) groups excluding carboxylic acids is 2. The van der Waals surface area contributed by atoms with E-state index < -0.39 is 111 Å². The van der Waals surface area contributed by atoms with E-state index in [0.29, 0.717) is 33.5 Å². The van der Waals surface area contributed by atoms with Gasteiger partial charge in [-0.05, 0) is 81.0 Å². The number of aromatic nitrogens is 9. The number of aromatic amines is 3. The van der Waals surface area contributed by atoms with E-state index in [1.807, 2.05) is 23.9 Å². The number of carbonyl (C=O) groups is 2. The Labute approximate surface area is 478 Å². The van der Waals surface area contributed by atoms with Crippen LogP contribution in [0.15, 0.2) is 80.0 Å². The zero-order valence-electron chi connectivity index (χ0n) is 46.4. The Morgan fingerprint density at radius 3 is 1.50 bits per heavy atom. The SMILES string of the molecule is CC(C)CS(=O)(=O)Nc1ccc(F)c(C=O)c1F.Cc1ncnc2[nH]cc(C(=O)c3c(F)ccc(NS(=O)(=O)CC(C)C)c3F)c12.Cc1ncnc2[nH]cc(C(O)c3c(F)ccc(NS(=O)(=O)CC(C)C)c3F)c12.Cc1ncnc2[nH]ccc12. The van der Waals surface area contributed by atoms with Crippen LogP contribution in [0.3, 0.4) is 0 Å². The number of ketones is 1. The number of aliphatic hydroxyl groups is 1. The number of hydrogen-bond acceptors (Lipinski definition) is 15. The van der Waals surface area contributed by atoms with Gasteiger partial charge in [0.05, 0.1) is 79.0 Å². The molecule has 0 aliphatic heterocycles. The van der Waals surface area contributed by atoms with Crippen LogP contribution in [0, 0.1) is 73.4 Å². The van der Waals surface area contributed by atoms with Gasteiger partial charge in [0.25, 0.3) is 0 Å². The Kier molecular flexibility index (Phi) is 20.8. The van der Waals surface area contributed by atoms with Gasteiger partial charge in [0.15, 0.2) is 23.7 Å². The Balaban J connectivity index is 0.000000190. The van der Waals surface area contributed by atoms with E-state index in [1.54, 1.807) is 61.7 Å². The van der Waals surface area contributed by atoms with Crippen molar-refractivity contribution in [3.8, 4) is 0 Å². The molecular weight excluding hydrogens is 1170 g/mol. The number of rotatable bonds is 17. The van der Waals surface area contributed by atoms with E-state index in [2.05, 4.69) is 54.3 Å². The summed E-state index contributed by atoms with van der Waals surface area (Å²) in [6.45, 7) is 15.5. The zero-order chi connectivity index (χ0) is 62.2. The van der Waals surface area contributed by atoms with Crippen molar-refractivity contribution < 1.29 is 66.3 Å². The number of fused-ring (bicyclic) bond motifs is 3. The molecule has 0 radical (unpaired) electrons. The van der Waals surface area contributed by atoms with Crippen molar-refractivity contribution in [2.75, 3.05) is 31.4 Å². The number of aldehydes is 1. The first-order valence-corrected chi connectivity index (χ1v) is 30.3. The second-order valence-electron chi connectivity index (χ2n) is 20.1. The van der Waals surface area contributed by atoms with E-state index in [1.165, 1.54) is 25.0 Å². The van der Waals surface area contributed by atoms with Gasteiger partial charge in [-0.15, -0.1) is 0 Å². The number of sulfonamides is 3. The van der Waals surface area contributed by atoms with E-state index in [0.717, 1.165) is 53.1 Å². The fraction of sp³-hybridized carbons (Fsp3) is 0.296. The highest BCUT2D eigenvalue weighted by Crippen LogP contribution is 2.35. The topological polar surface area (TPSA) is 318 Å². The van der Waals surface area contributed by atoms with Crippen LogP contribution in [-0.2, 0) is 30.1 Å². The Hall–Kier alpha value is -8.35. The van der Waals surface area contributed by atoms with Crippen LogP contribution in [0.1, 0.15) is 102 Å². The minimum Gasteiger partial charge on any atom is -0.383 e. The fourth-order valence-electron chi connectivity index (χ4n) is 8.39. The van der Waals surface area contributed by atoms with E-state index >= 15 is 0 Å².